The van der Waals surface area contributed by atoms with Crippen molar-refractivity contribution in [1.29, 1.82) is 0 Å². The predicted molar refractivity (Wildman–Crippen MR) is 160 cm³/mol. The van der Waals surface area contributed by atoms with E-state index < -0.39 is 29.4 Å². The smallest absolute Gasteiger partial charge is 0.481 e. The molecule has 4 amide bonds. The van der Waals surface area contributed by atoms with E-state index in [1.165, 1.54) is 24.9 Å². The second kappa shape index (κ2) is 11.8. The van der Waals surface area contributed by atoms with Gasteiger partial charge in [-0.1, -0.05) is 59.6 Å². The van der Waals surface area contributed by atoms with Crippen molar-refractivity contribution in [3.8, 4) is 28.3 Å². The van der Waals surface area contributed by atoms with E-state index in [0.717, 1.165) is 23.3 Å². The molecule has 2 heterocycles. The maximum absolute atomic E-state index is 13.0. The Hall–Kier alpha value is -3.83. The van der Waals surface area contributed by atoms with Crippen LogP contribution in [-0.4, -0.2) is 77.0 Å². The highest BCUT2D eigenvalue weighted by molar-refractivity contribution is 6.39. The first-order valence-electron chi connectivity index (χ1n) is 13.3. The Morgan fingerprint density at radius 2 is 1.76 bits per heavy atom. The Labute approximate surface area is 252 Å². The molecule has 10 nitrogen and oxygen atoms in total. The molecule has 0 saturated heterocycles. The van der Waals surface area contributed by atoms with Crippen molar-refractivity contribution in [2.45, 2.75) is 25.0 Å². The van der Waals surface area contributed by atoms with Crippen molar-refractivity contribution in [3.63, 3.8) is 0 Å². The second-order valence-electron chi connectivity index (χ2n) is 10.4. The summed E-state index contributed by atoms with van der Waals surface area (Å²) in [4.78, 5) is 43.2. The van der Waals surface area contributed by atoms with Gasteiger partial charge in [0.05, 0.1) is 54.4 Å². The van der Waals surface area contributed by atoms with Crippen LogP contribution < -0.4 is 15.4 Å². The van der Waals surface area contributed by atoms with Gasteiger partial charge in [-0.3, -0.25) is 4.79 Å². The minimum atomic E-state index is -1.19. The van der Waals surface area contributed by atoms with Crippen LogP contribution in [0.2, 0.25) is 10.0 Å². The number of hydrogen-bond acceptors (Lipinski definition) is 7. The Bertz CT molecular complexity index is 1620. The summed E-state index contributed by atoms with van der Waals surface area (Å²) in [6, 6.07) is 13.8. The molecule has 1 unspecified atom stereocenters. The van der Waals surface area contributed by atoms with E-state index in [9.17, 15) is 19.5 Å². The average molecular weight is 612 g/mol. The van der Waals surface area contributed by atoms with Crippen LogP contribution in [0.3, 0.4) is 0 Å². The summed E-state index contributed by atoms with van der Waals surface area (Å²) >= 11 is 13.7. The molecule has 0 radical (unpaired) electrons. The van der Waals surface area contributed by atoms with Crippen LogP contribution in [0, 0.1) is 5.92 Å². The number of halogens is 2. The minimum absolute atomic E-state index is 0.232. The third-order valence-electron chi connectivity index (χ3n) is 7.39. The number of carbonyl (C=O) groups excluding carboxylic acids is 3. The molecule has 12 heteroatoms. The maximum atomic E-state index is 13.0. The molecule has 0 spiro atoms. The molecule has 1 aliphatic carbocycles. The van der Waals surface area contributed by atoms with Crippen molar-refractivity contribution >= 4 is 52.9 Å². The van der Waals surface area contributed by atoms with Crippen molar-refractivity contribution in [2.75, 3.05) is 33.1 Å². The zero-order valence-electron chi connectivity index (χ0n) is 23.3. The molecule has 1 aromatic heterocycles. The van der Waals surface area contributed by atoms with Gasteiger partial charge in [0, 0.05) is 35.3 Å². The first kappa shape index (κ1) is 29.7. The molecular weight excluding hydrogens is 581 g/mol. The number of anilines is 1. The van der Waals surface area contributed by atoms with Gasteiger partial charge in [-0.15, -0.1) is 0 Å². The summed E-state index contributed by atoms with van der Waals surface area (Å²) in [6.07, 6.45) is 2.88. The summed E-state index contributed by atoms with van der Waals surface area (Å²) in [5.41, 5.74) is 2.97. The lowest BCUT2D eigenvalue weighted by Gasteiger charge is -2.19. The highest BCUT2D eigenvalue weighted by atomic mass is 35.5. The summed E-state index contributed by atoms with van der Waals surface area (Å²) in [6.45, 7) is 1.00. The van der Waals surface area contributed by atoms with Crippen LogP contribution in [0.1, 0.15) is 18.4 Å². The number of rotatable bonds is 9. The Morgan fingerprint density at radius 1 is 1.10 bits per heavy atom. The van der Waals surface area contributed by atoms with Gasteiger partial charge in [0.15, 0.2) is 5.92 Å². The van der Waals surface area contributed by atoms with Crippen LogP contribution in [0.5, 0.6) is 5.88 Å². The quantitative estimate of drug-likeness (QED) is 0.245. The molecule has 218 valence electrons. The summed E-state index contributed by atoms with van der Waals surface area (Å²) in [5, 5.41) is 16.7. The predicted octanol–water partition coefficient (Wildman–Crippen LogP) is 4.21. The molecule has 1 saturated carbocycles. The lowest BCUT2D eigenvalue weighted by atomic mass is 10.00. The van der Waals surface area contributed by atoms with Gasteiger partial charge in [-0.05, 0) is 25.0 Å². The highest BCUT2D eigenvalue weighted by Gasteiger charge is 2.43. The molecule has 3 N–H and O–H groups in total. The first-order valence-corrected chi connectivity index (χ1v) is 14.0. The number of nitrogens with zero attached hydrogens (tertiary/aromatic N) is 3. The van der Waals surface area contributed by atoms with Crippen LogP contribution in [0.15, 0.2) is 48.5 Å². The largest absolute Gasteiger partial charge is 0.499 e. The van der Waals surface area contributed by atoms with E-state index in [1.807, 2.05) is 30.3 Å². The third kappa shape index (κ3) is 5.89. The molecule has 1 aliphatic heterocycles. The SMILES string of the molecule is COc1nc(-c2cccc(-c3cccc(NC(=O)C4C=[N+](C)C(=O)N(C)C4=O)c3Cl)c2Cl)ccc1CNCC1(O)CC1. The van der Waals surface area contributed by atoms with Gasteiger partial charge in [-0.2, -0.15) is 9.69 Å². The number of ether oxygens (including phenoxy) is 1. The fraction of sp³-hybridized carbons (Fsp3) is 0.300. The van der Waals surface area contributed by atoms with E-state index in [-0.39, 0.29) is 10.7 Å². The van der Waals surface area contributed by atoms with Crippen molar-refractivity contribution in [2.24, 2.45) is 5.92 Å². The van der Waals surface area contributed by atoms with E-state index in [1.54, 1.807) is 25.3 Å². The first-order chi connectivity index (χ1) is 20.0. The fourth-order valence-corrected chi connectivity index (χ4v) is 5.34. The number of pyridine rings is 1. The average Bonchev–Trinajstić information content (AvgIpc) is 3.72. The topological polar surface area (TPSA) is 124 Å². The lowest BCUT2D eigenvalue weighted by molar-refractivity contribution is -0.400. The molecule has 1 fully saturated rings. The summed E-state index contributed by atoms with van der Waals surface area (Å²) < 4.78 is 6.73. The summed E-state index contributed by atoms with van der Waals surface area (Å²) in [7, 11) is 4.35. The maximum Gasteiger partial charge on any atom is 0.499 e. The summed E-state index contributed by atoms with van der Waals surface area (Å²) in [5.74, 6) is -2.01. The molecule has 3 aromatic rings. The molecule has 0 bridgehead atoms. The molecule has 42 heavy (non-hydrogen) atoms. The number of amides is 4. The number of methoxy groups -OCH3 is 1. The van der Waals surface area contributed by atoms with Crippen molar-refractivity contribution < 1.29 is 28.8 Å². The zero-order chi connectivity index (χ0) is 30.2. The van der Waals surface area contributed by atoms with E-state index >= 15 is 0 Å². The molecule has 5 rings (SSSR count). The normalized spacial score (nSPS) is 17.6. The number of urea groups is 1. The number of aromatic nitrogens is 1. The lowest BCUT2D eigenvalue weighted by Crippen LogP contribution is -2.51. The number of imide groups is 1. The number of hydrogen-bond donors (Lipinski definition) is 3. The van der Waals surface area contributed by atoms with Gasteiger partial charge in [0.1, 0.15) is 0 Å². The number of aliphatic hydroxyl groups is 1. The number of benzene rings is 2. The van der Waals surface area contributed by atoms with Crippen molar-refractivity contribution in [1.82, 2.24) is 15.2 Å². The van der Waals surface area contributed by atoms with Gasteiger partial charge in [0.25, 0.3) is 0 Å². The van der Waals surface area contributed by atoms with Crippen molar-refractivity contribution in [3.05, 3.63) is 64.1 Å². The van der Waals surface area contributed by atoms with Crippen LogP contribution in [0.25, 0.3) is 22.4 Å². The van der Waals surface area contributed by atoms with Gasteiger partial charge >= 0.3 is 11.9 Å². The van der Waals surface area contributed by atoms with E-state index in [2.05, 4.69) is 15.6 Å². The van der Waals surface area contributed by atoms with Crippen LogP contribution >= 0.6 is 23.2 Å². The van der Waals surface area contributed by atoms with Gasteiger partial charge in [0.2, 0.25) is 11.8 Å². The molecule has 2 aromatic carbocycles. The second-order valence-corrected chi connectivity index (χ2v) is 11.2. The number of nitrogens with one attached hydrogen (secondary N) is 2. The standard InChI is InChI=1S/C30H29Cl2N5O5/c1-36-15-21(28(39)37(2)29(36)40)26(38)34-23-9-5-7-19(25(23)32)18-6-4-8-20(24(18)31)22-11-10-17(27(35-22)42-3)14-33-16-30(41)12-13-30/h4-11,15,21,33,41H,12-14,16H2,1-3H3/p+1. The van der Waals surface area contributed by atoms with E-state index in [4.69, 9.17) is 27.9 Å². The highest BCUT2D eigenvalue weighted by Crippen LogP contribution is 2.41. The monoisotopic (exact) mass is 610 g/mol. The Kier molecular flexibility index (Phi) is 8.34. The van der Waals surface area contributed by atoms with Gasteiger partial charge in [-0.25, -0.2) is 14.4 Å². The zero-order valence-corrected chi connectivity index (χ0v) is 24.8. The van der Waals surface area contributed by atoms with Crippen LogP contribution in [0.4, 0.5) is 10.5 Å². The third-order valence-corrected chi connectivity index (χ3v) is 8.21. The fourth-order valence-electron chi connectivity index (χ4n) is 4.74. The number of carbonyl (C=O) groups is 3. The van der Waals surface area contributed by atoms with Gasteiger partial charge < -0.3 is 20.5 Å². The van der Waals surface area contributed by atoms with Crippen LogP contribution in [-0.2, 0) is 16.1 Å². The molecule has 1 atom stereocenters. The molecule has 2 aliphatic rings. The Balaban J connectivity index is 1.40. The Morgan fingerprint density at radius 3 is 2.45 bits per heavy atom. The molecular formula is C30H30Cl2N5O5+. The minimum Gasteiger partial charge on any atom is -0.481 e. The van der Waals surface area contributed by atoms with E-state index in [0.29, 0.717) is 46.4 Å².